The van der Waals surface area contributed by atoms with E-state index in [0.29, 0.717) is 21.8 Å². The Kier molecular flexibility index (Phi) is 2.91. The fraction of sp³-hybridized carbons (Fsp3) is 0.0714. The van der Waals surface area contributed by atoms with Gasteiger partial charge in [-0.2, -0.15) is 0 Å². The van der Waals surface area contributed by atoms with E-state index in [1.165, 1.54) is 0 Å². The van der Waals surface area contributed by atoms with Gasteiger partial charge in [0.1, 0.15) is 5.65 Å². The maximum absolute atomic E-state index is 11.0. The minimum Gasteiger partial charge on any atom is -0.305 e. The number of hydrogen-bond acceptors (Lipinski definition) is 3. The molecule has 3 rings (SSSR count). The van der Waals surface area contributed by atoms with Crippen LogP contribution in [0.3, 0.4) is 0 Å². The van der Waals surface area contributed by atoms with Gasteiger partial charge in [0, 0.05) is 29.6 Å². The van der Waals surface area contributed by atoms with Crippen molar-refractivity contribution in [3.63, 3.8) is 0 Å². The van der Waals surface area contributed by atoms with Crippen LogP contribution in [0.15, 0.2) is 42.7 Å². The number of nitro benzene ring substituents is 1. The average molecular weight is 288 g/mol. The monoisotopic (exact) mass is 287 g/mol. The summed E-state index contributed by atoms with van der Waals surface area (Å²) in [6.45, 7) is 1.71. The highest BCUT2D eigenvalue weighted by molar-refractivity contribution is 6.30. The van der Waals surface area contributed by atoms with E-state index in [-0.39, 0.29) is 10.6 Å². The number of hydrogen-bond donors (Lipinski definition) is 0. The molecule has 0 aliphatic rings. The van der Waals surface area contributed by atoms with Crippen molar-refractivity contribution >= 4 is 22.9 Å². The first-order valence-electron chi connectivity index (χ1n) is 5.94. The standard InChI is InChI=1S/C14H10ClN3O2/c1-9-2-3-10(6-13(9)18(19)20)12-8-17-7-11(15)4-5-14(17)16-12/h2-8H,1H3. The van der Waals surface area contributed by atoms with E-state index in [0.717, 1.165) is 5.65 Å². The number of rotatable bonds is 2. The summed E-state index contributed by atoms with van der Waals surface area (Å²) in [5.41, 5.74) is 2.85. The number of halogens is 1. The van der Waals surface area contributed by atoms with E-state index in [1.54, 1.807) is 48.0 Å². The Morgan fingerprint density at radius 3 is 2.80 bits per heavy atom. The summed E-state index contributed by atoms with van der Waals surface area (Å²) in [6.07, 6.45) is 3.55. The van der Waals surface area contributed by atoms with Crippen LogP contribution in [-0.2, 0) is 0 Å². The number of pyridine rings is 1. The van der Waals surface area contributed by atoms with Crippen LogP contribution in [0, 0.1) is 17.0 Å². The summed E-state index contributed by atoms with van der Waals surface area (Å²) in [7, 11) is 0. The van der Waals surface area contributed by atoms with Crippen LogP contribution in [-0.4, -0.2) is 14.3 Å². The highest BCUT2D eigenvalue weighted by atomic mass is 35.5. The SMILES string of the molecule is Cc1ccc(-c2cn3cc(Cl)ccc3n2)cc1[N+](=O)[O-]. The topological polar surface area (TPSA) is 60.4 Å². The Bertz CT molecular complexity index is 826. The van der Waals surface area contributed by atoms with Crippen molar-refractivity contribution in [2.24, 2.45) is 0 Å². The van der Waals surface area contributed by atoms with Crippen LogP contribution in [0.2, 0.25) is 5.02 Å². The molecule has 0 fully saturated rings. The molecule has 20 heavy (non-hydrogen) atoms. The summed E-state index contributed by atoms with van der Waals surface area (Å²) in [4.78, 5) is 15.0. The zero-order valence-corrected chi connectivity index (χ0v) is 11.3. The molecule has 0 N–H and O–H groups in total. The van der Waals surface area contributed by atoms with Gasteiger partial charge in [0.05, 0.1) is 15.6 Å². The summed E-state index contributed by atoms with van der Waals surface area (Å²) >= 11 is 5.92. The zero-order chi connectivity index (χ0) is 14.3. The summed E-state index contributed by atoms with van der Waals surface area (Å²) in [5.74, 6) is 0. The van der Waals surface area contributed by atoms with Crippen LogP contribution < -0.4 is 0 Å². The first kappa shape index (κ1) is 12.6. The molecule has 5 nitrogen and oxygen atoms in total. The molecule has 0 atom stereocenters. The molecule has 1 aromatic carbocycles. The number of fused-ring (bicyclic) bond motifs is 1. The number of aromatic nitrogens is 2. The predicted molar refractivity (Wildman–Crippen MR) is 77.0 cm³/mol. The lowest BCUT2D eigenvalue weighted by Crippen LogP contribution is -1.92. The largest absolute Gasteiger partial charge is 0.305 e. The Hall–Kier alpha value is -2.40. The third-order valence-electron chi connectivity index (χ3n) is 3.12. The second-order valence-electron chi connectivity index (χ2n) is 4.50. The molecule has 0 aliphatic heterocycles. The van der Waals surface area contributed by atoms with Gasteiger partial charge in [0.25, 0.3) is 5.69 Å². The van der Waals surface area contributed by atoms with Gasteiger partial charge in [0.2, 0.25) is 0 Å². The molecule has 0 unspecified atom stereocenters. The van der Waals surface area contributed by atoms with Crippen molar-refractivity contribution < 1.29 is 4.92 Å². The zero-order valence-electron chi connectivity index (χ0n) is 10.6. The van der Waals surface area contributed by atoms with Crippen molar-refractivity contribution in [2.75, 3.05) is 0 Å². The highest BCUT2D eigenvalue weighted by Gasteiger charge is 2.13. The predicted octanol–water partition coefficient (Wildman–Crippen LogP) is 3.87. The van der Waals surface area contributed by atoms with E-state index in [1.807, 2.05) is 6.07 Å². The molecule has 0 spiro atoms. The van der Waals surface area contributed by atoms with E-state index in [9.17, 15) is 10.1 Å². The molecule has 6 heteroatoms. The average Bonchev–Trinajstić information content (AvgIpc) is 2.81. The molecular formula is C14H10ClN3O2. The molecule has 0 aliphatic carbocycles. The van der Waals surface area contributed by atoms with Crippen molar-refractivity contribution in [1.82, 2.24) is 9.38 Å². The quantitative estimate of drug-likeness (QED) is 0.531. The van der Waals surface area contributed by atoms with E-state index in [4.69, 9.17) is 11.6 Å². The summed E-state index contributed by atoms with van der Waals surface area (Å²) < 4.78 is 1.79. The lowest BCUT2D eigenvalue weighted by molar-refractivity contribution is -0.385. The van der Waals surface area contributed by atoms with E-state index >= 15 is 0 Å². The molecule has 100 valence electrons. The van der Waals surface area contributed by atoms with Gasteiger partial charge < -0.3 is 4.40 Å². The van der Waals surface area contributed by atoms with Gasteiger partial charge in [-0.05, 0) is 19.1 Å². The molecule has 0 bridgehead atoms. The number of nitro groups is 1. The minimum atomic E-state index is -0.383. The van der Waals surface area contributed by atoms with Crippen molar-refractivity contribution in [2.45, 2.75) is 6.92 Å². The molecule has 3 aromatic rings. The molecule has 0 amide bonds. The second kappa shape index (κ2) is 4.61. The number of nitrogens with zero attached hydrogens (tertiary/aromatic N) is 3. The maximum Gasteiger partial charge on any atom is 0.272 e. The highest BCUT2D eigenvalue weighted by Crippen LogP contribution is 2.26. The Morgan fingerprint density at radius 2 is 2.05 bits per heavy atom. The lowest BCUT2D eigenvalue weighted by Gasteiger charge is -1.99. The third kappa shape index (κ3) is 2.12. The van der Waals surface area contributed by atoms with E-state index < -0.39 is 0 Å². The summed E-state index contributed by atoms with van der Waals surface area (Å²) in [6, 6.07) is 8.65. The maximum atomic E-state index is 11.0. The molecule has 2 aromatic heterocycles. The molecule has 0 radical (unpaired) electrons. The molecule has 0 saturated heterocycles. The first-order chi connectivity index (χ1) is 9.54. The Balaban J connectivity index is 2.15. The number of imidazole rings is 1. The van der Waals surface area contributed by atoms with Crippen LogP contribution in [0.1, 0.15) is 5.56 Å². The lowest BCUT2D eigenvalue weighted by atomic mass is 10.1. The Morgan fingerprint density at radius 1 is 1.25 bits per heavy atom. The van der Waals surface area contributed by atoms with Gasteiger partial charge >= 0.3 is 0 Å². The van der Waals surface area contributed by atoms with Crippen LogP contribution >= 0.6 is 11.6 Å². The van der Waals surface area contributed by atoms with E-state index in [2.05, 4.69) is 4.98 Å². The van der Waals surface area contributed by atoms with Gasteiger partial charge in [-0.3, -0.25) is 10.1 Å². The normalized spacial score (nSPS) is 10.9. The fourth-order valence-electron chi connectivity index (χ4n) is 2.07. The number of benzene rings is 1. The molecule has 0 saturated carbocycles. The van der Waals surface area contributed by atoms with Crippen LogP contribution in [0.4, 0.5) is 5.69 Å². The third-order valence-corrected chi connectivity index (χ3v) is 3.34. The summed E-state index contributed by atoms with van der Waals surface area (Å²) in [5, 5.41) is 11.6. The minimum absolute atomic E-state index is 0.0950. The Labute approximate surface area is 119 Å². The van der Waals surface area contributed by atoms with Crippen molar-refractivity contribution in [3.05, 3.63) is 63.4 Å². The van der Waals surface area contributed by atoms with Gasteiger partial charge in [-0.25, -0.2) is 4.98 Å². The number of aryl methyl sites for hydroxylation is 1. The van der Waals surface area contributed by atoms with Gasteiger partial charge in [-0.15, -0.1) is 0 Å². The fourth-order valence-corrected chi connectivity index (χ4v) is 2.24. The second-order valence-corrected chi connectivity index (χ2v) is 4.93. The van der Waals surface area contributed by atoms with Crippen molar-refractivity contribution in [1.29, 1.82) is 0 Å². The molecule has 2 heterocycles. The smallest absolute Gasteiger partial charge is 0.272 e. The van der Waals surface area contributed by atoms with Crippen molar-refractivity contribution in [3.8, 4) is 11.3 Å². The van der Waals surface area contributed by atoms with Crippen LogP contribution in [0.5, 0.6) is 0 Å². The van der Waals surface area contributed by atoms with Gasteiger partial charge in [0.15, 0.2) is 0 Å². The molecular weight excluding hydrogens is 278 g/mol. The van der Waals surface area contributed by atoms with Gasteiger partial charge in [-0.1, -0.05) is 23.7 Å². The first-order valence-corrected chi connectivity index (χ1v) is 6.32. The van der Waals surface area contributed by atoms with Crippen LogP contribution in [0.25, 0.3) is 16.9 Å².